The Morgan fingerprint density at radius 3 is 1.88 bits per heavy atom. The summed E-state index contributed by atoms with van der Waals surface area (Å²) in [6.07, 6.45) is 6.42. The molecule has 0 bridgehead atoms. The van der Waals surface area contributed by atoms with Gasteiger partial charge < -0.3 is 9.59 Å². The predicted molar refractivity (Wildman–Crippen MR) is 69.3 cm³/mol. The van der Waals surface area contributed by atoms with E-state index in [0.29, 0.717) is 0 Å². The Balaban J connectivity index is -0.000000206. The molecule has 0 unspecified atom stereocenters. The van der Waals surface area contributed by atoms with E-state index >= 15 is 0 Å². The van der Waals surface area contributed by atoms with Crippen LogP contribution in [0.15, 0.2) is 24.3 Å². The Morgan fingerprint density at radius 1 is 1.19 bits per heavy atom. The summed E-state index contributed by atoms with van der Waals surface area (Å²) >= 11 is 0. The van der Waals surface area contributed by atoms with Crippen molar-refractivity contribution in [2.75, 3.05) is 0 Å². The maximum Gasteiger partial charge on any atom is 0.106 e. The van der Waals surface area contributed by atoms with Crippen LogP contribution in [0.1, 0.15) is 31.4 Å². The maximum absolute atomic E-state index is 8.00. The van der Waals surface area contributed by atoms with Crippen molar-refractivity contribution in [3.05, 3.63) is 35.4 Å². The summed E-state index contributed by atoms with van der Waals surface area (Å²) in [6, 6.07) is 7.90. The van der Waals surface area contributed by atoms with Gasteiger partial charge in [-0.2, -0.15) is 0 Å². The fourth-order valence-electron chi connectivity index (χ4n) is 0.735. The van der Waals surface area contributed by atoms with E-state index in [4.69, 9.17) is 16.0 Å². The van der Waals surface area contributed by atoms with Crippen molar-refractivity contribution < 1.29 is 9.59 Å². The normalized spacial score (nSPS) is 6.38. The van der Waals surface area contributed by atoms with E-state index in [1.54, 1.807) is 0 Å². The molecule has 0 atom stereocenters. The molecule has 2 nitrogen and oxygen atoms in total. The van der Waals surface area contributed by atoms with Crippen LogP contribution in [0.25, 0.3) is 0 Å². The number of aryl methyl sites for hydroxylation is 1. The summed E-state index contributed by atoms with van der Waals surface area (Å²) in [6.45, 7) is 10.3. The minimum absolute atomic E-state index is 0.954. The molecule has 0 saturated carbocycles. The van der Waals surface area contributed by atoms with Crippen molar-refractivity contribution in [2.45, 2.75) is 27.2 Å². The zero-order chi connectivity index (χ0) is 13.4. The third kappa shape index (κ3) is 14.6. The average Bonchev–Trinajstić information content (AvgIpc) is 2.35. The van der Waals surface area contributed by atoms with Gasteiger partial charge in [-0.05, 0) is 24.6 Å². The highest BCUT2D eigenvalue weighted by Gasteiger charge is 1.83. The molecule has 0 radical (unpaired) electrons. The monoisotopic (exact) mass is 220 g/mol. The fourth-order valence-corrected chi connectivity index (χ4v) is 0.735. The van der Waals surface area contributed by atoms with Gasteiger partial charge in [0.15, 0.2) is 0 Å². The van der Waals surface area contributed by atoms with Gasteiger partial charge in [0.2, 0.25) is 0 Å². The molecule has 16 heavy (non-hydrogen) atoms. The molecule has 0 spiro atoms. The summed E-state index contributed by atoms with van der Waals surface area (Å²) in [4.78, 5) is 16.0. The molecule has 0 saturated heterocycles. The van der Waals surface area contributed by atoms with Crippen LogP contribution in [0.3, 0.4) is 0 Å². The standard InChI is InChI=1S/C9H8.C3H8.2CH2O/c1-3-9-6-4-5-8(2)7-9;1-3-2;2*1-2/h1,4-7H,2H3;3H2,1-2H3;2*1H2. The summed E-state index contributed by atoms with van der Waals surface area (Å²) in [5, 5.41) is 0. The molecule has 0 aliphatic rings. The van der Waals surface area contributed by atoms with Crippen LogP contribution < -0.4 is 0 Å². The molecule has 0 heterocycles. The highest BCUT2D eigenvalue weighted by atomic mass is 16.1. The Hall–Kier alpha value is -1.88. The molecule has 1 aromatic rings. The van der Waals surface area contributed by atoms with Gasteiger partial charge in [0.1, 0.15) is 13.6 Å². The van der Waals surface area contributed by atoms with Crippen molar-refractivity contribution in [2.24, 2.45) is 0 Å². The van der Waals surface area contributed by atoms with Crippen molar-refractivity contribution >= 4 is 13.6 Å². The van der Waals surface area contributed by atoms with Crippen molar-refractivity contribution in [1.82, 2.24) is 0 Å². The molecular formula is C14H20O2. The van der Waals surface area contributed by atoms with E-state index in [1.165, 1.54) is 12.0 Å². The third-order valence-electron chi connectivity index (χ3n) is 1.18. The zero-order valence-corrected chi connectivity index (χ0v) is 10.3. The molecule has 0 amide bonds. The smallest absolute Gasteiger partial charge is 0.106 e. The highest BCUT2D eigenvalue weighted by molar-refractivity contribution is 5.34. The number of carbonyl (C=O) groups is 2. The predicted octanol–water partition coefficient (Wildman–Crippen LogP) is 3.02. The van der Waals surface area contributed by atoms with Crippen LogP contribution in [-0.2, 0) is 9.59 Å². The first-order valence-corrected chi connectivity index (χ1v) is 4.85. The molecule has 88 valence electrons. The lowest BCUT2D eigenvalue weighted by Gasteiger charge is -1.90. The first kappa shape index (κ1) is 19.7. The van der Waals surface area contributed by atoms with E-state index in [-0.39, 0.29) is 0 Å². The Kier molecular flexibility index (Phi) is 23.1. The lowest BCUT2D eigenvalue weighted by atomic mass is 10.1. The number of carbonyl (C=O) groups excluding carboxylic acids is 2. The lowest BCUT2D eigenvalue weighted by molar-refractivity contribution is -0.0987. The van der Waals surface area contributed by atoms with E-state index in [2.05, 4.69) is 19.8 Å². The SMILES string of the molecule is C#Cc1cccc(C)c1.C=O.C=O.CCC. The van der Waals surface area contributed by atoms with E-state index < -0.39 is 0 Å². The van der Waals surface area contributed by atoms with E-state index in [0.717, 1.165) is 5.56 Å². The van der Waals surface area contributed by atoms with Gasteiger partial charge in [-0.15, -0.1) is 6.42 Å². The molecule has 0 N–H and O–H groups in total. The van der Waals surface area contributed by atoms with Crippen LogP contribution in [0.5, 0.6) is 0 Å². The fraction of sp³-hybridized carbons (Fsp3) is 0.286. The molecular weight excluding hydrogens is 200 g/mol. The van der Waals surface area contributed by atoms with Crippen LogP contribution in [-0.4, -0.2) is 13.6 Å². The molecule has 1 aromatic carbocycles. The van der Waals surface area contributed by atoms with Crippen LogP contribution in [0.4, 0.5) is 0 Å². The van der Waals surface area contributed by atoms with Gasteiger partial charge in [0, 0.05) is 5.56 Å². The van der Waals surface area contributed by atoms with Gasteiger partial charge in [-0.3, -0.25) is 0 Å². The van der Waals surface area contributed by atoms with E-state index in [9.17, 15) is 0 Å². The van der Waals surface area contributed by atoms with Crippen LogP contribution in [0, 0.1) is 19.3 Å². The first-order valence-electron chi connectivity index (χ1n) is 4.85. The molecule has 0 aromatic heterocycles. The van der Waals surface area contributed by atoms with Gasteiger partial charge in [0.05, 0.1) is 0 Å². The Morgan fingerprint density at radius 2 is 1.62 bits per heavy atom. The second-order valence-electron chi connectivity index (χ2n) is 2.72. The van der Waals surface area contributed by atoms with Gasteiger partial charge in [0.25, 0.3) is 0 Å². The van der Waals surface area contributed by atoms with Crippen molar-refractivity contribution in [1.29, 1.82) is 0 Å². The molecule has 0 fully saturated rings. The second-order valence-corrected chi connectivity index (χ2v) is 2.72. The third-order valence-corrected chi connectivity index (χ3v) is 1.18. The average molecular weight is 220 g/mol. The molecule has 0 aliphatic heterocycles. The second kappa shape index (κ2) is 18.8. The topological polar surface area (TPSA) is 34.1 Å². The maximum atomic E-state index is 8.00. The van der Waals surface area contributed by atoms with E-state index in [1.807, 2.05) is 44.8 Å². The number of benzene rings is 1. The molecule has 1 rings (SSSR count). The zero-order valence-electron chi connectivity index (χ0n) is 10.3. The summed E-state index contributed by atoms with van der Waals surface area (Å²) in [5.41, 5.74) is 2.17. The van der Waals surface area contributed by atoms with Crippen molar-refractivity contribution in [3.63, 3.8) is 0 Å². The Labute approximate surface area is 98.7 Å². The number of hydrogen-bond donors (Lipinski definition) is 0. The molecule has 2 heteroatoms. The van der Waals surface area contributed by atoms with Crippen LogP contribution in [0.2, 0.25) is 0 Å². The highest BCUT2D eigenvalue weighted by Crippen LogP contribution is 2.00. The first-order chi connectivity index (χ1) is 7.74. The summed E-state index contributed by atoms with van der Waals surface area (Å²) in [5.74, 6) is 2.57. The molecule has 0 aliphatic carbocycles. The Bertz CT molecular complexity index is 285. The summed E-state index contributed by atoms with van der Waals surface area (Å²) < 4.78 is 0. The number of rotatable bonds is 0. The van der Waals surface area contributed by atoms with Gasteiger partial charge in [-0.1, -0.05) is 38.3 Å². The largest absolute Gasteiger partial charge is 0.307 e. The van der Waals surface area contributed by atoms with Gasteiger partial charge >= 0.3 is 0 Å². The summed E-state index contributed by atoms with van der Waals surface area (Å²) in [7, 11) is 0. The minimum Gasteiger partial charge on any atom is -0.307 e. The lowest BCUT2D eigenvalue weighted by Crippen LogP contribution is -1.73. The quantitative estimate of drug-likeness (QED) is 0.630. The number of terminal acetylenes is 1. The van der Waals surface area contributed by atoms with Crippen LogP contribution >= 0.6 is 0 Å². The van der Waals surface area contributed by atoms with Gasteiger partial charge in [-0.25, -0.2) is 0 Å². The minimum atomic E-state index is 0.954. The van der Waals surface area contributed by atoms with Crippen molar-refractivity contribution in [3.8, 4) is 12.3 Å². The number of hydrogen-bond acceptors (Lipinski definition) is 2.